The summed E-state index contributed by atoms with van der Waals surface area (Å²) in [5.74, 6) is 0.927. The van der Waals surface area contributed by atoms with E-state index in [1.54, 1.807) is 0 Å². The Labute approximate surface area is 85.2 Å². The normalized spacial score (nSPS) is 41.7. The molecule has 0 aromatic heterocycles. The van der Waals surface area contributed by atoms with E-state index in [2.05, 4.69) is 5.32 Å². The van der Waals surface area contributed by atoms with Crippen LogP contribution in [0.4, 0.5) is 0 Å². The highest BCUT2D eigenvalue weighted by atomic mass is 16.5. The van der Waals surface area contributed by atoms with E-state index >= 15 is 0 Å². The molecule has 2 fully saturated rings. The third-order valence-electron chi connectivity index (χ3n) is 3.81. The first-order valence-electron chi connectivity index (χ1n) is 5.52. The standard InChI is InChI=1S/C11H19NO2/c1-3-14-10-5-8-4-9(13)6-11(8,7-10)12-2/h8,10,12H,3-7H2,1-2H3/t8-,10+,11-/m0/s1. The topological polar surface area (TPSA) is 38.3 Å². The van der Waals surface area contributed by atoms with E-state index in [0.29, 0.717) is 24.2 Å². The van der Waals surface area contributed by atoms with Gasteiger partial charge in [-0.05, 0) is 32.7 Å². The van der Waals surface area contributed by atoms with Gasteiger partial charge in [0.2, 0.25) is 0 Å². The van der Waals surface area contributed by atoms with Crippen LogP contribution in [0.3, 0.4) is 0 Å². The van der Waals surface area contributed by atoms with Crippen LogP contribution in [-0.4, -0.2) is 31.1 Å². The maximum Gasteiger partial charge on any atom is 0.135 e. The van der Waals surface area contributed by atoms with Crippen molar-refractivity contribution in [2.24, 2.45) is 5.92 Å². The number of carbonyl (C=O) groups excluding carboxylic acids is 1. The zero-order valence-electron chi connectivity index (χ0n) is 9.01. The van der Waals surface area contributed by atoms with Crippen LogP contribution in [0.1, 0.15) is 32.6 Å². The van der Waals surface area contributed by atoms with E-state index < -0.39 is 0 Å². The third-order valence-corrected chi connectivity index (χ3v) is 3.81. The lowest BCUT2D eigenvalue weighted by Gasteiger charge is -2.27. The van der Waals surface area contributed by atoms with Gasteiger partial charge in [0.25, 0.3) is 0 Å². The van der Waals surface area contributed by atoms with Gasteiger partial charge >= 0.3 is 0 Å². The molecule has 0 aromatic carbocycles. The molecule has 0 saturated heterocycles. The monoisotopic (exact) mass is 197 g/mol. The quantitative estimate of drug-likeness (QED) is 0.737. The molecule has 0 radical (unpaired) electrons. The number of carbonyl (C=O) groups is 1. The number of ketones is 1. The van der Waals surface area contributed by atoms with E-state index in [9.17, 15) is 4.79 Å². The molecule has 0 unspecified atom stereocenters. The molecule has 2 aliphatic carbocycles. The minimum absolute atomic E-state index is 0.0664. The summed E-state index contributed by atoms with van der Waals surface area (Å²) in [6.45, 7) is 2.82. The smallest absolute Gasteiger partial charge is 0.135 e. The summed E-state index contributed by atoms with van der Waals surface area (Å²) >= 11 is 0. The predicted octanol–water partition coefficient (Wildman–Crippen LogP) is 1.12. The Kier molecular flexibility index (Phi) is 2.62. The van der Waals surface area contributed by atoms with Gasteiger partial charge < -0.3 is 10.1 Å². The number of nitrogens with one attached hydrogen (secondary N) is 1. The number of Topliss-reactive ketones (excluding diaryl/α,β-unsaturated/α-hetero) is 1. The lowest BCUT2D eigenvalue weighted by atomic mass is 9.91. The number of rotatable bonds is 3. The lowest BCUT2D eigenvalue weighted by molar-refractivity contribution is -0.118. The Morgan fingerprint density at radius 2 is 2.43 bits per heavy atom. The third kappa shape index (κ3) is 1.48. The number of hydrogen-bond donors (Lipinski definition) is 1. The van der Waals surface area contributed by atoms with Crippen molar-refractivity contribution in [2.75, 3.05) is 13.7 Å². The van der Waals surface area contributed by atoms with Crippen molar-refractivity contribution in [2.45, 2.75) is 44.2 Å². The van der Waals surface area contributed by atoms with Crippen molar-refractivity contribution in [3.63, 3.8) is 0 Å². The Morgan fingerprint density at radius 3 is 3.00 bits per heavy atom. The summed E-state index contributed by atoms with van der Waals surface area (Å²) in [6.07, 6.45) is 3.89. The second kappa shape index (κ2) is 3.63. The molecular formula is C11H19NO2. The van der Waals surface area contributed by atoms with Crippen molar-refractivity contribution in [3.8, 4) is 0 Å². The summed E-state index contributed by atoms with van der Waals surface area (Å²) in [5.41, 5.74) is 0.0664. The molecule has 80 valence electrons. The number of fused-ring (bicyclic) bond motifs is 1. The van der Waals surface area contributed by atoms with Gasteiger partial charge in [-0.3, -0.25) is 4.79 Å². The first-order chi connectivity index (χ1) is 6.70. The molecular weight excluding hydrogens is 178 g/mol. The van der Waals surface area contributed by atoms with Crippen molar-refractivity contribution in [3.05, 3.63) is 0 Å². The maximum atomic E-state index is 11.4. The van der Waals surface area contributed by atoms with Crippen LogP contribution < -0.4 is 5.32 Å². The average Bonchev–Trinajstić information content (AvgIpc) is 2.58. The summed E-state index contributed by atoms with van der Waals surface area (Å²) in [6, 6.07) is 0. The number of ether oxygens (including phenoxy) is 1. The molecule has 0 aromatic rings. The first kappa shape index (κ1) is 10.1. The lowest BCUT2D eigenvalue weighted by Crippen LogP contribution is -2.43. The molecule has 1 N–H and O–H groups in total. The fourth-order valence-corrected chi connectivity index (χ4v) is 3.15. The minimum Gasteiger partial charge on any atom is -0.378 e. The first-order valence-corrected chi connectivity index (χ1v) is 5.52. The Morgan fingerprint density at radius 1 is 1.64 bits per heavy atom. The predicted molar refractivity (Wildman–Crippen MR) is 54.2 cm³/mol. The van der Waals surface area contributed by atoms with Gasteiger partial charge in [0.15, 0.2) is 0 Å². The van der Waals surface area contributed by atoms with Crippen LogP contribution >= 0.6 is 0 Å². The van der Waals surface area contributed by atoms with Crippen molar-refractivity contribution in [1.29, 1.82) is 0 Å². The van der Waals surface area contributed by atoms with E-state index in [-0.39, 0.29) is 5.54 Å². The molecule has 3 nitrogen and oxygen atoms in total. The number of hydrogen-bond acceptors (Lipinski definition) is 3. The van der Waals surface area contributed by atoms with Gasteiger partial charge in [-0.2, -0.15) is 0 Å². The van der Waals surface area contributed by atoms with Crippen LogP contribution in [0, 0.1) is 5.92 Å². The van der Waals surface area contributed by atoms with E-state index in [1.165, 1.54) is 0 Å². The summed E-state index contributed by atoms with van der Waals surface area (Å²) in [5, 5.41) is 3.36. The molecule has 2 aliphatic rings. The van der Waals surface area contributed by atoms with Gasteiger partial charge in [0, 0.05) is 25.0 Å². The highest BCUT2D eigenvalue weighted by Gasteiger charge is 2.52. The second-order valence-corrected chi connectivity index (χ2v) is 4.54. The molecule has 0 heterocycles. The molecule has 0 aliphatic heterocycles. The van der Waals surface area contributed by atoms with Gasteiger partial charge in [0.1, 0.15) is 5.78 Å². The maximum absolute atomic E-state index is 11.4. The largest absolute Gasteiger partial charge is 0.378 e. The van der Waals surface area contributed by atoms with Crippen LogP contribution in [0.25, 0.3) is 0 Å². The summed E-state index contributed by atoms with van der Waals surface area (Å²) in [7, 11) is 1.97. The Hall–Kier alpha value is -0.410. The fourth-order valence-electron chi connectivity index (χ4n) is 3.15. The van der Waals surface area contributed by atoms with Crippen LogP contribution in [0.2, 0.25) is 0 Å². The Bertz CT molecular complexity index is 241. The van der Waals surface area contributed by atoms with Gasteiger partial charge in [-0.25, -0.2) is 0 Å². The summed E-state index contributed by atoms with van der Waals surface area (Å²) in [4.78, 5) is 11.4. The van der Waals surface area contributed by atoms with Crippen molar-refractivity contribution >= 4 is 5.78 Å². The van der Waals surface area contributed by atoms with Gasteiger partial charge in [-0.15, -0.1) is 0 Å². The molecule has 2 saturated carbocycles. The molecule has 0 amide bonds. The fraction of sp³-hybridized carbons (Fsp3) is 0.909. The molecule has 3 atom stereocenters. The minimum atomic E-state index is 0.0664. The highest BCUT2D eigenvalue weighted by molar-refractivity contribution is 5.83. The molecule has 14 heavy (non-hydrogen) atoms. The zero-order chi connectivity index (χ0) is 10.2. The van der Waals surface area contributed by atoms with Gasteiger partial charge in [-0.1, -0.05) is 0 Å². The second-order valence-electron chi connectivity index (χ2n) is 4.54. The molecule has 3 heteroatoms. The molecule has 2 rings (SSSR count). The average molecular weight is 197 g/mol. The van der Waals surface area contributed by atoms with Crippen molar-refractivity contribution in [1.82, 2.24) is 5.32 Å². The Balaban J connectivity index is 2.06. The van der Waals surface area contributed by atoms with Crippen LogP contribution in [0.5, 0.6) is 0 Å². The van der Waals surface area contributed by atoms with Crippen molar-refractivity contribution < 1.29 is 9.53 Å². The van der Waals surface area contributed by atoms with E-state index in [1.807, 2.05) is 14.0 Å². The van der Waals surface area contributed by atoms with Gasteiger partial charge in [0.05, 0.1) is 6.10 Å². The van der Waals surface area contributed by atoms with Crippen LogP contribution in [-0.2, 0) is 9.53 Å². The summed E-state index contributed by atoms with van der Waals surface area (Å²) < 4.78 is 5.65. The zero-order valence-corrected chi connectivity index (χ0v) is 9.01. The highest BCUT2D eigenvalue weighted by Crippen LogP contribution is 2.46. The van der Waals surface area contributed by atoms with E-state index in [4.69, 9.17) is 4.74 Å². The SMILES string of the molecule is CCO[C@@H]1C[C@@H]2CC(=O)C[C@]2(NC)C1. The van der Waals surface area contributed by atoms with E-state index in [0.717, 1.165) is 25.9 Å². The van der Waals surface area contributed by atoms with Crippen LogP contribution in [0.15, 0.2) is 0 Å². The molecule has 0 bridgehead atoms. The molecule has 0 spiro atoms.